The number of hydrogen-bond acceptors (Lipinski definition) is 5. The van der Waals surface area contributed by atoms with Crippen molar-refractivity contribution in [3.8, 4) is 22.9 Å². The molecule has 144 valence electrons. The molecule has 0 bridgehead atoms. The molecule has 0 spiro atoms. The largest absolute Gasteiger partial charge is 0.497 e. The Morgan fingerprint density at radius 3 is 2.41 bits per heavy atom. The summed E-state index contributed by atoms with van der Waals surface area (Å²) in [4.78, 5) is 17.9. The molecule has 0 N–H and O–H groups in total. The van der Waals surface area contributed by atoms with Crippen LogP contribution in [0.5, 0.6) is 11.5 Å². The van der Waals surface area contributed by atoms with E-state index in [0.717, 1.165) is 11.1 Å². The molecule has 0 aliphatic carbocycles. The van der Waals surface area contributed by atoms with E-state index in [1.54, 1.807) is 26.5 Å². The average molecular weight is 385 g/mol. The Kier molecular flexibility index (Phi) is 5.07. The van der Waals surface area contributed by atoms with Crippen molar-refractivity contribution in [3.63, 3.8) is 0 Å². The number of rotatable bonds is 5. The van der Waals surface area contributed by atoms with Crippen LogP contribution in [0.1, 0.15) is 5.56 Å². The van der Waals surface area contributed by atoms with Crippen molar-refractivity contribution < 1.29 is 9.47 Å². The lowest BCUT2D eigenvalue weighted by Gasteiger charge is -2.10. The highest BCUT2D eigenvalue weighted by Gasteiger charge is 2.13. The Labute approximate surface area is 167 Å². The van der Waals surface area contributed by atoms with Crippen LogP contribution in [0.25, 0.3) is 22.3 Å². The van der Waals surface area contributed by atoms with Crippen LogP contribution in [-0.2, 0) is 0 Å². The first-order valence-corrected chi connectivity index (χ1v) is 9.04. The van der Waals surface area contributed by atoms with Gasteiger partial charge < -0.3 is 9.47 Å². The number of hydrogen-bond donors (Lipinski definition) is 0. The molecule has 6 heteroatoms. The highest BCUT2D eigenvalue weighted by molar-refractivity contribution is 5.82. The molecule has 0 radical (unpaired) electrons. The van der Waals surface area contributed by atoms with E-state index in [-0.39, 0.29) is 5.56 Å². The minimum atomic E-state index is -0.243. The maximum atomic E-state index is 13.2. The van der Waals surface area contributed by atoms with E-state index in [9.17, 15) is 4.79 Å². The average Bonchev–Trinajstić information content (AvgIpc) is 2.78. The normalized spacial score (nSPS) is 11.1. The van der Waals surface area contributed by atoms with Gasteiger partial charge in [0.05, 0.1) is 31.3 Å². The van der Waals surface area contributed by atoms with Gasteiger partial charge in [0, 0.05) is 5.56 Å². The van der Waals surface area contributed by atoms with Crippen LogP contribution < -0.4 is 15.0 Å². The molecule has 4 aromatic rings. The minimum absolute atomic E-state index is 0.243. The van der Waals surface area contributed by atoms with Crippen molar-refractivity contribution in [2.45, 2.75) is 0 Å². The van der Waals surface area contributed by atoms with E-state index < -0.39 is 0 Å². The standard InChI is InChI=1S/C23H19N3O3/c1-28-18-9-5-7-16(13-18)15-24-26-22(17-8-6-10-19(14-17)29-2)25-21-12-4-3-11-20(21)23(26)27/h3-15H,1-2H3/b24-15+. The van der Waals surface area contributed by atoms with Crippen molar-refractivity contribution in [1.82, 2.24) is 9.66 Å². The number of nitrogens with zero attached hydrogens (tertiary/aromatic N) is 3. The fourth-order valence-corrected chi connectivity index (χ4v) is 3.03. The smallest absolute Gasteiger partial charge is 0.282 e. The zero-order valence-corrected chi connectivity index (χ0v) is 16.1. The summed E-state index contributed by atoms with van der Waals surface area (Å²) >= 11 is 0. The molecule has 0 saturated carbocycles. The predicted octanol–water partition coefficient (Wildman–Crippen LogP) is 3.96. The van der Waals surface area contributed by atoms with Gasteiger partial charge in [0.15, 0.2) is 5.82 Å². The molecule has 0 aliphatic heterocycles. The first-order chi connectivity index (χ1) is 14.2. The second-order valence-corrected chi connectivity index (χ2v) is 6.32. The second-order valence-electron chi connectivity index (χ2n) is 6.32. The van der Waals surface area contributed by atoms with Crippen molar-refractivity contribution in [1.29, 1.82) is 0 Å². The Bertz CT molecular complexity index is 1260. The molecule has 6 nitrogen and oxygen atoms in total. The van der Waals surface area contributed by atoms with Crippen LogP contribution in [-0.4, -0.2) is 30.1 Å². The lowest BCUT2D eigenvalue weighted by atomic mass is 10.2. The van der Waals surface area contributed by atoms with Crippen molar-refractivity contribution in [2.75, 3.05) is 14.2 Å². The number of methoxy groups -OCH3 is 2. The molecule has 1 aromatic heterocycles. The quantitative estimate of drug-likeness (QED) is 0.488. The van der Waals surface area contributed by atoms with Crippen molar-refractivity contribution >= 4 is 17.1 Å². The first kappa shape index (κ1) is 18.4. The monoisotopic (exact) mass is 385 g/mol. The van der Waals surface area contributed by atoms with Crippen molar-refractivity contribution in [2.24, 2.45) is 5.10 Å². The Balaban J connectivity index is 1.91. The molecule has 29 heavy (non-hydrogen) atoms. The summed E-state index contributed by atoms with van der Waals surface area (Å²) < 4.78 is 11.9. The van der Waals surface area contributed by atoms with E-state index in [1.165, 1.54) is 4.68 Å². The third-order valence-corrected chi connectivity index (χ3v) is 4.50. The first-order valence-electron chi connectivity index (χ1n) is 9.04. The van der Waals surface area contributed by atoms with Crippen LogP contribution in [0.3, 0.4) is 0 Å². The summed E-state index contributed by atoms with van der Waals surface area (Å²) in [6.07, 6.45) is 1.62. The van der Waals surface area contributed by atoms with Crippen LogP contribution in [0, 0.1) is 0 Å². The summed E-state index contributed by atoms with van der Waals surface area (Å²) in [5.74, 6) is 1.82. The fraction of sp³-hybridized carbons (Fsp3) is 0.0870. The summed E-state index contributed by atoms with van der Waals surface area (Å²) in [6, 6.07) is 22.1. The van der Waals surface area contributed by atoms with Gasteiger partial charge in [0.25, 0.3) is 5.56 Å². The maximum absolute atomic E-state index is 13.2. The lowest BCUT2D eigenvalue weighted by molar-refractivity contribution is 0.414. The van der Waals surface area contributed by atoms with Gasteiger partial charge in [-0.15, -0.1) is 0 Å². The molecule has 1 heterocycles. The van der Waals surface area contributed by atoms with Crippen LogP contribution in [0.2, 0.25) is 0 Å². The summed E-state index contributed by atoms with van der Waals surface area (Å²) in [5.41, 5.74) is 1.91. The molecular formula is C23H19N3O3. The molecular weight excluding hydrogens is 366 g/mol. The SMILES string of the molecule is COc1cccc(/C=N/n2c(-c3cccc(OC)c3)nc3ccccc3c2=O)c1. The van der Waals surface area contributed by atoms with Crippen molar-refractivity contribution in [3.05, 3.63) is 88.7 Å². The summed E-state index contributed by atoms with van der Waals surface area (Å²) in [6.45, 7) is 0. The molecule has 4 rings (SSSR count). The molecule has 0 amide bonds. The van der Waals surface area contributed by atoms with E-state index in [0.29, 0.717) is 28.2 Å². The highest BCUT2D eigenvalue weighted by atomic mass is 16.5. The zero-order valence-electron chi connectivity index (χ0n) is 16.1. The Morgan fingerprint density at radius 2 is 1.62 bits per heavy atom. The van der Waals surface area contributed by atoms with Crippen LogP contribution >= 0.6 is 0 Å². The molecule has 0 aliphatic rings. The number of para-hydroxylation sites is 1. The fourth-order valence-electron chi connectivity index (χ4n) is 3.03. The third kappa shape index (κ3) is 3.73. The summed E-state index contributed by atoms with van der Waals surface area (Å²) in [5, 5.41) is 4.96. The van der Waals surface area contributed by atoms with Gasteiger partial charge >= 0.3 is 0 Å². The topological polar surface area (TPSA) is 65.7 Å². The van der Waals surface area contributed by atoms with E-state index in [2.05, 4.69) is 5.10 Å². The number of benzene rings is 3. The van der Waals surface area contributed by atoms with Gasteiger partial charge in [0.1, 0.15) is 11.5 Å². The predicted molar refractivity (Wildman–Crippen MR) is 114 cm³/mol. The second kappa shape index (κ2) is 7.98. The molecule has 3 aromatic carbocycles. The van der Waals surface area contributed by atoms with Gasteiger partial charge in [-0.3, -0.25) is 4.79 Å². The molecule has 0 atom stereocenters. The minimum Gasteiger partial charge on any atom is -0.497 e. The van der Waals surface area contributed by atoms with Crippen LogP contribution in [0.4, 0.5) is 0 Å². The third-order valence-electron chi connectivity index (χ3n) is 4.50. The van der Waals surface area contributed by atoms with Gasteiger partial charge in [-0.05, 0) is 42.0 Å². The maximum Gasteiger partial charge on any atom is 0.282 e. The lowest BCUT2D eigenvalue weighted by Crippen LogP contribution is -2.20. The number of ether oxygens (including phenoxy) is 2. The summed E-state index contributed by atoms with van der Waals surface area (Å²) in [7, 11) is 3.20. The van der Waals surface area contributed by atoms with E-state index in [1.807, 2.05) is 66.7 Å². The molecule has 0 unspecified atom stereocenters. The van der Waals surface area contributed by atoms with Gasteiger partial charge in [-0.25, -0.2) is 4.98 Å². The van der Waals surface area contributed by atoms with E-state index in [4.69, 9.17) is 14.5 Å². The zero-order chi connectivity index (χ0) is 20.2. The van der Waals surface area contributed by atoms with Crippen LogP contribution in [0.15, 0.2) is 82.7 Å². The van der Waals surface area contributed by atoms with E-state index >= 15 is 0 Å². The number of aromatic nitrogens is 2. The molecule has 0 saturated heterocycles. The molecule has 0 fully saturated rings. The van der Waals surface area contributed by atoms with Gasteiger partial charge in [-0.2, -0.15) is 9.78 Å². The Morgan fingerprint density at radius 1 is 0.897 bits per heavy atom. The van der Waals surface area contributed by atoms with Gasteiger partial charge in [-0.1, -0.05) is 36.4 Å². The Hall–Kier alpha value is -3.93. The number of fused-ring (bicyclic) bond motifs is 1. The van der Waals surface area contributed by atoms with Gasteiger partial charge in [0.2, 0.25) is 0 Å². The highest BCUT2D eigenvalue weighted by Crippen LogP contribution is 2.23.